The topological polar surface area (TPSA) is 50.9 Å². The van der Waals surface area contributed by atoms with Crippen molar-refractivity contribution in [3.63, 3.8) is 0 Å². The molecule has 2 aromatic heterocycles. The zero-order valence-electron chi connectivity index (χ0n) is 10.7. The number of aliphatic hydroxyl groups excluding tert-OH is 1. The van der Waals surface area contributed by atoms with Gasteiger partial charge < -0.3 is 5.11 Å². The summed E-state index contributed by atoms with van der Waals surface area (Å²) in [6.45, 7) is 6.00. The van der Waals surface area contributed by atoms with Gasteiger partial charge in [0.1, 0.15) is 0 Å². The molecule has 96 valence electrons. The minimum Gasteiger partial charge on any atom is -0.392 e. The summed E-state index contributed by atoms with van der Waals surface area (Å²) in [6.07, 6.45) is 0.835. The summed E-state index contributed by atoms with van der Waals surface area (Å²) in [7, 11) is 0. The highest BCUT2D eigenvalue weighted by atomic mass is 79.9. The molecule has 1 N–H and O–H groups in total. The molecule has 0 atom stereocenters. The van der Waals surface area contributed by atoms with Crippen molar-refractivity contribution in [1.29, 1.82) is 0 Å². The second-order valence-electron chi connectivity index (χ2n) is 4.23. The maximum atomic E-state index is 9.29. The van der Waals surface area contributed by atoms with Crippen LogP contribution in [0.25, 0.3) is 5.82 Å². The van der Waals surface area contributed by atoms with Gasteiger partial charge in [0.2, 0.25) is 0 Å². The predicted octanol–water partition coefficient (Wildman–Crippen LogP) is 2.70. The first-order valence-corrected chi connectivity index (χ1v) is 6.69. The van der Waals surface area contributed by atoms with Crippen molar-refractivity contribution in [1.82, 2.24) is 14.8 Å². The van der Waals surface area contributed by atoms with E-state index in [0.717, 1.165) is 39.4 Å². The fourth-order valence-corrected chi connectivity index (χ4v) is 2.11. The lowest BCUT2D eigenvalue weighted by atomic mass is 10.2. The van der Waals surface area contributed by atoms with E-state index in [1.165, 1.54) is 0 Å². The molecule has 0 spiro atoms. The molecule has 0 saturated heterocycles. The fourth-order valence-electron chi connectivity index (χ4n) is 1.86. The molecule has 18 heavy (non-hydrogen) atoms. The van der Waals surface area contributed by atoms with E-state index in [1.807, 2.05) is 32.9 Å². The van der Waals surface area contributed by atoms with E-state index in [9.17, 15) is 5.11 Å². The van der Waals surface area contributed by atoms with Gasteiger partial charge in [0, 0.05) is 5.69 Å². The maximum absolute atomic E-state index is 9.29. The van der Waals surface area contributed by atoms with Crippen molar-refractivity contribution in [2.45, 2.75) is 33.8 Å². The maximum Gasteiger partial charge on any atom is 0.154 e. The minimum atomic E-state index is 0.0169. The summed E-state index contributed by atoms with van der Waals surface area (Å²) in [5.41, 5.74) is 3.76. The lowest BCUT2D eigenvalue weighted by Crippen LogP contribution is -2.05. The third-order valence-corrected chi connectivity index (χ3v) is 4.04. The summed E-state index contributed by atoms with van der Waals surface area (Å²) in [5, 5.41) is 13.7. The molecule has 0 aliphatic heterocycles. The molecular weight excluding hydrogens is 294 g/mol. The first-order chi connectivity index (χ1) is 8.56. The van der Waals surface area contributed by atoms with Crippen LogP contribution in [0.5, 0.6) is 0 Å². The molecule has 0 aromatic carbocycles. The molecule has 2 rings (SSSR count). The Balaban J connectivity index is 2.59. The van der Waals surface area contributed by atoms with Crippen molar-refractivity contribution in [3.8, 4) is 5.82 Å². The fraction of sp³-hybridized carbons (Fsp3) is 0.385. The molecule has 0 amide bonds. The summed E-state index contributed by atoms with van der Waals surface area (Å²) < 4.78 is 2.80. The quantitative estimate of drug-likeness (QED) is 0.948. The zero-order valence-corrected chi connectivity index (χ0v) is 12.3. The number of aliphatic hydroxyl groups is 1. The Bertz CT molecular complexity index is 556. The van der Waals surface area contributed by atoms with Gasteiger partial charge in [-0.25, -0.2) is 9.67 Å². The SMILES string of the molecule is CCc1cc(CO)cc(-n2nc(C)c(Br)c2C)n1. The normalized spacial score (nSPS) is 10.9. The van der Waals surface area contributed by atoms with E-state index in [0.29, 0.717) is 0 Å². The van der Waals surface area contributed by atoms with Crippen molar-refractivity contribution < 1.29 is 5.11 Å². The van der Waals surface area contributed by atoms with Crippen molar-refractivity contribution >= 4 is 15.9 Å². The number of pyridine rings is 1. The Morgan fingerprint density at radius 1 is 1.33 bits per heavy atom. The van der Waals surface area contributed by atoms with Gasteiger partial charge in [-0.05, 0) is 53.9 Å². The largest absolute Gasteiger partial charge is 0.392 e. The van der Waals surface area contributed by atoms with Gasteiger partial charge in [0.25, 0.3) is 0 Å². The van der Waals surface area contributed by atoms with E-state index in [-0.39, 0.29) is 6.61 Å². The highest BCUT2D eigenvalue weighted by molar-refractivity contribution is 9.10. The van der Waals surface area contributed by atoms with Gasteiger partial charge in [-0.15, -0.1) is 0 Å². The monoisotopic (exact) mass is 309 g/mol. The molecule has 0 radical (unpaired) electrons. The highest BCUT2D eigenvalue weighted by Crippen LogP contribution is 2.23. The highest BCUT2D eigenvalue weighted by Gasteiger charge is 2.12. The molecule has 0 saturated carbocycles. The number of nitrogens with zero attached hydrogens (tertiary/aromatic N) is 3. The molecule has 0 bridgehead atoms. The van der Waals surface area contributed by atoms with Gasteiger partial charge in [0.15, 0.2) is 5.82 Å². The number of halogens is 1. The molecule has 2 aromatic rings. The second-order valence-corrected chi connectivity index (χ2v) is 5.03. The lowest BCUT2D eigenvalue weighted by Gasteiger charge is -2.08. The molecule has 0 aliphatic rings. The van der Waals surface area contributed by atoms with Gasteiger partial charge in [-0.2, -0.15) is 5.10 Å². The average Bonchev–Trinajstić information content (AvgIpc) is 2.65. The number of hydrogen-bond acceptors (Lipinski definition) is 3. The van der Waals surface area contributed by atoms with Gasteiger partial charge in [-0.3, -0.25) is 0 Å². The van der Waals surface area contributed by atoms with Crippen LogP contribution in [-0.4, -0.2) is 19.9 Å². The summed E-state index contributed by atoms with van der Waals surface area (Å²) in [5.74, 6) is 0.754. The van der Waals surface area contributed by atoms with E-state index in [1.54, 1.807) is 4.68 Å². The number of hydrogen-bond donors (Lipinski definition) is 1. The average molecular weight is 310 g/mol. The third-order valence-electron chi connectivity index (χ3n) is 2.89. The van der Waals surface area contributed by atoms with Crippen molar-refractivity contribution in [2.24, 2.45) is 0 Å². The predicted molar refractivity (Wildman–Crippen MR) is 73.8 cm³/mol. The molecule has 0 fully saturated rings. The van der Waals surface area contributed by atoms with Gasteiger partial charge >= 0.3 is 0 Å². The van der Waals surface area contributed by atoms with Crippen LogP contribution in [0.2, 0.25) is 0 Å². The molecule has 2 heterocycles. The van der Waals surface area contributed by atoms with Gasteiger partial charge in [-0.1, -0.05) is 6.92 Å². The number of aryl methyl sites for hydroxylation is 2. The van der Waals surface area contributed by atoms with Crippen molar-refractivity contribution in [3.05, 3.63) is 39.3 Å². The Morgan fingerprint density at radius 3 is 2.56 bits per heavy atom. The number of aromatic nitrogens is 3. The third kappa shape index (κ3) is 2.33. The summed E-state index contributed by atoms with van der Waals surface area (Å²) >= 11 is 3.51. The lowest BCUT2D eigenvalue weighted by molar-refractivity contribution is 0.281. The van der Waals surface area contributed by atoms with Crippen LogP contribution in [0.15, 0.2) is 16.6 Å². The van der Waals surface area contributed by atoms with Crippen LogP contribution in [0.3, 0.4) is 0 Å². The van der Waals surface area contributed by atoms with Crippen molar-refractivity contribution in [2.75, 3.05) is 0 Å². The Hall–Kier alpha value is -1.20. The van der Waals surface area contributed by atoms with Crippen LogP contribution < -0.4 is 0 Å². The number of rotatable bonds is 3. The van der Waals surface area contributed by atoms with E-state index >= 15 is 0 Å². The minimum absolute atomic E-state index is 0.0169. The molecule has 4 nitrogen and oxygen atoms in total. The van der Waals surface area contributed by atoms with E-state index < -0.39 is 0 Å². The van der Waals surface area contributed by atoms with E-state index in [4.69, 9.17) is 0 Å². The van der Waals surface area contributed by atoms with Crippen LogP contribution in [0.4, 0.5) is 0 Å². The first kappa shape index (κ1) is 13.2. The molecule has 0 unspecified atom stereocenters. The van der Waals surface area contributed by atoms with Crippen LogP contribution in [0, 0.1) is 13.8 Å². The summed E-state index contributed by atoms with van der Waals surface area (Å²) in [4.78, 5) is 4.55. The second kappa shape index (κ2) is 5.20. The molecule has 5 heteroatoms. The molecule has 0 aliphatic carbocycles. The Kier molecular flexibility index (Phi) is 3.82. The first-order valence-electron chi connectivity index (χ1n) is 5.89. The summed E-state index contributed by atoms with van der Waals surface area (Å²) in [6, 6.07) is 3.79. The smallest absolute Gasteiger partial charge is 0.154 e. The standard InChI is InChI=1S/C13H16BrN3O/c1-4-11-5-10(7-18)6-12(15-11)17-9(3)13(14)8(2)16-17/h5-6,18H,4,7H2,1-3H3. The zero-order chi connectivity index (χ0) is 13.3. The van der Waals surface area contributed by atoms with Gasteiger partial charge in [0.05, 0.1) is 22.5 Å². The van der Waals surface area contributed by atoms with Crippen LogP contribution in [-0.2, 0) is 13.0 Å². The molecular formula is C13H16BrN3O. The Labute approximate surface area is 115 Å². The van der Waals surface area contributed by atoms with Crippen LogP contribution in [0.1, 0.15) is 29.6 Å². The van der Waals surface area contributed by atoms with Crippen LogP contribution >= 0.6 is 15.9 Å². The van der Waals surface area contributed by atoms with E-state index in [2.05, 4.69) is 26.0 Å². The Morgan fingerprint density at radius 2 is 2.06 bits per heavy atom.